The Bertz CT molecular complexity index is 424. The lowest BCUT2D eigenvalue weighted by molar-refractivity contribution is 0.287. The van der Waals surface area contributed by atoms with Gasteiger partial charge in [-0.2, -0.15) is 0 Å². The Morgan fingerprint density at radius 3 is 2.75 bits per heavy atom. The van der Waals surface area contributed by atoms with E-state index in [1.54, 1.807) is 0 Å². The van der Waals surface area contributed by atoms with Crippen molar-refractivity contribution in [3.8, 4) is 11.8 Å². The quantitative estimate of drug-likeness (QED) is 0.301. The first kappa shape index (κ1) is 17.3. The number of unbranched alkanes of at least 4 members (excludes halogenated alkanes) is 3. The second kappa shape index (κ2) is 9.23. The van der Waals surface area contributed by atoms with Gasteiger partial charge in [0.1, 0.15) is 0 Å². The molecule has 1 heterocycles. The van der Waals surface area contributed by atoms with E-state index in [-0.39, 0.29) is 24.4 Å². The van der Waals surface area contributed by atoms with E-state index in [9.17, 15) is 10.2 Å². The molecule has 1 aromatic rings. The van der Waals surface area contributed by atoms with Crippen LogP contribution in [0.5, 0.6) is 11.8 Å². The molecule has 0 spiro atoms. The van der Waals surface area contributed by atoms with Crippen molar-refractivity contribution < 1.29 is 15.3 Å². The number of nitrogens with zero attached hydrogens (tertiary/aromatic N) is 1. The fraction of sp³-hybridized carbons (Fsp3) is 0.615. The van der Waals surface area contributed by atoms with Crippen LogP contribution < -0.4 is 4.72 Å². The first-order valence-corrected chi connectivity index (χ1v) is 8.02. The van der Waals surface area contributed by atoms with Gasteiger partial charge in [-0.25, -0.2) is 4.72 Å². The summed E-state index contributed by atoms with van der Waals surface area (Å²) in [6.07, 6.45) is 4.29. The highest BCUT2D eigenvalue weighted by Crippen LogP contribution is 2.34. The molecule has 0 aliphatic carbocycles. The van der Waals surface area contributed by atoms with Gasteiger partial charge in [0.15, 0.2) is 5.88 Å². The Balaban J connectivity index is 2.59. The van der Waals surface area contributed by atoms with Gasteiger partial charge in [-0.15, -0.1) is 0 Å². The third-order valence-corrected chi connectivity index (χ3v) is 4.20. The van der Waals surface area contributed by atoms with E-state index in [4.69, 9.17) is 17.3 Å². The number of aromatic hydroxyl groups is 2. The van der Waals surface area contributed by atoms with Gasteiger partial charge in [0.25, 0.3) is 0 Å². The maximum Gasteiger partial charge on any atom is 0.209 e. The number of hydrogen-bond donors (Lipinski definition) is 4. The zero-order chi connectivity index (χ0) is 15.0. The summed E-state index contributed by atoms with van der Waals surface area (Å²) in [5, 5.41) is 30.3. The third kappa shape index (κ3) is 4.97. The largest absolute Gasteiger partial charge is 0.494 e. The highest BCUT2D eigenvalue weighted by atomic mass is 32.2. The van der Waals surface area contributed by atoms with E-state index in [1.807, 2.05) is 0 Å². The average Bonchev–Trinajstić information content (AvgIpc) is 2.71. The first-order chi connectivity index (χ1) is 9.63. The molecule has 0 radical (unpaired) electrons. The molecule has 0 aliphatic rings. The van der Waals surface area contributed by atoms with E-state index in [0.29, 0.717) is 11.4 Å². The molecule has 20 heavy (non-hydrogen) atoms. The minimum absolute atomic E-state index is 0.0394. The topological polar surface area (TPSA) is 77.7 Å². The van der Waals surface area contributed by atoms with Crippen molar-refractivity contribution in [3.05, 3.63) is 6.07 Å². The molecule has 0 saturated heterocycles. The molecular formula is C13H22N2O3S2. The molecule has 0 amide bonds. The highest BCUT2D eigenvalue weighted by Gasteiger charge is 2.15. The fourth-order valence-corrected chi connectivity index (χ4v) is 2.77. The number of rotatable bonds is 10. The summed E-state index contributed by atoms with van der Waals surface area (Å²) in [7, 11) is 0. The fourth-order valence-electron chi connectivity index (χ4n) is 1.74. The molecule has 0 unspecified atom stereocenters. The third-order valence-electron chi connectivity index (χ3n) is 2.93. The van der Waals surface area contributed by atoms with Crippen LogP contribution in [0.4, 0.5) is 0 Å². The molecule has 4 N–H and O–H groups in total. The van der Waals surface area contributed by atoms with Gasteiger partial charge in [-0.3, -0.25) is 4.57 Å². The molecule has 1 rings (SSSR count). The molecule has 0 aliphatic heterocycles. The zero-order valence-corrected chi connectivity index (χ0v) is 13.2. The molecule has 0 aromatic carbocycles. The number of aliphatic hydroxyl groups excluding tert-OH is 1. The van der Waals surface area contributed by atoms with Gasteiger partial charge in [-0.1, -0.05) is 38.4 Å². The van der Waals surface area contributed by atoms with Gasteiger partial charge >= 0.3 is 0 Å². The van der Waals surface area contributed by atoms with Crippen molar-refractivity contribution in [2.75, 3.05) is 6.61 Å². The monoisotopic (exact) mass is 318 g/mol. The predicted molar refractivity (Wildman–Crippen MR) is 85.4 cm³/mol. The van der Waals surface area contributed by atoms with Crippen molar-refractivity contribution in [2.24, 2.45) is 0 Å². The van der Waals surface area contributed by atoms with Gasteiger partial charge in [-0.05, 0) is 23.7 Å². The van der Waals surface area contributed by atoms with Crippen LogP contribution >= 0.6 is 24.2 Å². The summed E-state index contributed by atoms with van der Waals surface area (Å²) >= 11 is 5.90. The summed E-state index contributed by atoms with van der Waals surface area (Å²) in [5.74, 6) is 0.0868. The minimum Gasteiger partial charge on any atom is -0.494 e. The molecule has 7 heteroatoms. The Labute approximate surface area is 129 Å². The van der Waals surface area contributed by atoms with Crippen LogP contribution in [-0.2, 0) is 6.54 Å². The highest BCUT2D eigenvalue weighted by molar-refractivity contribution is 7.97. The van der Waals surface area contributed by atoms with Crippen molar-refractivity contribution in [3.63, 3.8) is 0 Å². The lowest BCUT2D eigenvalue weighted by atomic mass is 10.2. The zero-order valence-electron chi connectivity index (χ0n) is 11.6. The van der Waals surface area contributed by atoms with Crippen LogP contribution in [0.15, 0.2) is 11.0 Å². The maximum atomic E-state index is 10.1. The van der Waals surface area contributed by atoms with Crippen molar-refractivity contribution in [1.82, 2.24) is 9.29 Å². The second-order valence-electron chi connectivity index (χ2n) is 4.55. The van der Waals surface area contributed by atoms with Crippen LogP contribution in [0, 0.1) is 0 Å². The normalized spacial score (nSPS) is 12.5. The van der Waals surface area contributed by atoms with Crippen molar-refractivity contribution in [2.45, 2.75) is 50.1 Å². The lowest BCUT2D eigenvalue weighted by Crippen LogP contribution is -2.27. The molecule has 5 nitrogen and oxygen atoms in total. The lowest BCUT2D eigenvalue weighted by Gasteiger charge is -2.09. The van der Waals surface area contributed by atoms with Gasteiger partial charge in [0.05, 0.1) is 17.5 Å². The van der Waals surface area contributed by atoms with Crippen molar-refractivity contribution >= 4 is 29.5 Å². The summed E-state index contributed by atoms with van der Waals surface area (Å²) in [6.45, 7) is 2.62. The SMILES string of the molecule is CCCCCCn1c(O)cc(SN[C@@H](C=S)CO)c1O. The van der Waals surface area contributed by atoms with E-state index >= 15 is 0 Å². The summed E-state index contributed by atoms with van der Waals surface area (Å²) in [4.78, 5) is 0.522. The van der Waals surface area contributed by atoms with E-state index in [0.717, 1.165) is 37.6 Å². The molecular weight excluding hydrogens is 296 g/mol. The van der Waals surface area contributed by atoms with Crippen molar-refractivity contribution in [1.29, 1.82) is 0 Å². The number of nitrogens with one attached hydrogen (secondary N) is 1. The molecule has 1 aromatic heterocycles. The number of thiocarbonyl (C=S) groups is 1. The average molecular weight is 318 g/mol. The molecule has 1 atom stereocenters. The van der Waals surface area contributed by atoms with Gasteiger partial charge < -0.3 is 15.3 Å². The Hall–Kier alpha value is -0.760. The standard InChI is InChI=1S/C13H22N2O3S2/c1-2-3-4-5-6-15-12(17)7-11(13(15)18)20-14-10(8-16)9-19/h7,9-10,14,16-18H,2-6,8H2,1H3/t10-/m1/s1. The Morgan fingerprint density at radius 1 is 1.40 bits per heavy atom. The first-order valence-electron chi connectivity index (χ1n) is 6.74. The maximum absolute atomic E-state index is 10.1. The molecule has 0 saturated carbocycles. The summed E-state index contributed by atoms with van der Waals surface area (Å²) < 4.78 is 4.41. The molecule has 0 bridgehead atoms. The summed E-state index contributed by atoms with van der Waals surface area (Å²) in [6, 6.07) is 1.18. The van der Waals surface area contributed by atoms with Crippen LogP contribution in [0.1, 0.15) is 32.6 Å². The van der Waals surface area contributed by atoms with Crippen LogP contribution in [0.25, 0.3) is 0 Å². The van der Waals surface area contributed by atoms with Crippen LogP contribution in [0.2, 0.25) is 0 Å². The second-order valence-corrected chi connectivity index (χ2v) is 5.70. The van der Waals surface area contributed by atoms with E-state index in [1.165, 1.54) is 16.0 Å². The smallest absolute Gasteiger partial charge is 0.209 e. The van der Waals surface area contributed by atoms with Gasteiger partial charge in [0.2, 0.25) is 5.88 Å². The number of hydrogen-bond acceptors (Lipinski definition) is 6. The van der Waals surface area contributed by atoms with Crippen LogP contribution in [0.3, 0.4) is 0 Å². The van der Waals surface area contributed by atoms with Crippen LogP contribution in [-0.4, -0.2) is 37.9 Å². The number of aliphatic hydroxyl groups is 1. The van der Waals surface area contributed by atoms with E-state index < -0.39 is 0 Å². The minimum atomic E-state index is -0.329. The van der Waals surface area contributed by atoms with E-state index in [2.05, 4.69) is 11.6 Å². The Kier molecular flexibility index (Phi) is 7.98. The van der Waals surface area contributed by atoms with Gasteiger partial charge in [0, 0.05) is 12.6 Å². The molecule has 114 valence electrons. The predicted octanol–water partition coefficient (Wildman–Crippen LogP) is 2.44. The number of aromatic nitrogens is 1. The molecule has 0 fully saturated rings. The Morgan fingerprint density at radius 2 is 2.15 bits per heavy atom. The summed E-state index contributed by atoms with van der Waals surface area (Å²) in [5.41, 5.74) is 0.